The molecule has 1 aliphatic heterocycles. The summed E-state index contributed by atoms with van der Waals surface area (Å²) in [6.07, 6.45) is 3.06. The highest BCUT2D eigenvalue weighted by molar-refractivity contribution is 7.19. The molecule has 2 fully saturated rings. The summed E-state index contributed by atoms with van der Waals surface area (Å²) in [6.45, 7) is 3.77. The van der Waals surface area contributed by atoms with E-state index in [1.165, 1.54) is 24.2 Å². The van der Waals surface area contributed by atoms with Gasteiger partial charge >= 0.3 is 0 Å². The molecule has 6 heteroatoms. The number of hydrogen-bond donors (Lipinski definition) is 0. The Bertz CT molecular complexity index is 494. The summed E-state index contributed by atoms with van der Waals surface area (Å²) >= 11 is 7.37. The molecule has 2 atom stereocenters. The van der Waals surface area contributed by atoms with Crippen molar-refractivity contribution in [3.63, 3.8) is 0 Å². The molecule has 1 aromatic heterocycles. The van der Waals surface area contributed by atoms with E-state index in [0.29, 0.717) is 22.1 Å². The second-order valence-electron chi connectivity index (χ2n) is 4.96. The lowest BCUT2D eigenvalue weighted by atomic mass is 10.1. The lowest BCUT2D eigenvalue weighted by Crippen LogP contribution is -2.47. The van der Waals surface area contributed by atoms with Crippen LogP contribution in [0.5, 0.6) is 0 Å². The summed E-state index contributed by atoms with van der Waals surface area (Å²) < 4.78 is 6.44. The first-order chi connectivity index (χ1) is 8.67. The van der Waals surface area contributed by atoms with Gasteiger partial charge in [-0.3, -0.25) is 0 Å². The minimum atomic E-state index is 0.206. The van der Waals surface area contributed by atoms with E-state index in [0.717, 1.165) is 18.2 Å². The van der Waals surface area contributed by atoms with E-state index >= 15 is 0 Å². The summed E-state index contributed by atoms with van der Waals surface area (Å²) in [4.78, 5) is 6.50. The number of halogens is 1. The van der Waals surface area contributed by atoms with Crippen molar-refractivity contribution in [3.8, 4) is 6.07 Å². The molecule has 18 heavy (non-hydrogen) atoms. The van der Waals surface area contributed by atoms with Crippen LogP contribution in [-0.4, -0.2) is 30.3 Å². The molecule has 2 aliphatic rings. The lowest BCUT2D eigenvalue weighted by Gasteiger charge is -2.36. The van der Waals surface area contributed by atoms with Crippen molar-refractivity contribution in [2.24, 2.45) is 5.92 Å². The fourth-order valence-electron chi connectivity index (χ4n) is 2.37. The molecule has 1 aromatic rings. The summed E-state index contributed by atoms with van der Waals surface area (Å²) in [5.41, 5.74) is 0.332. The van der Waals surface area contributed by atoms with Crippen molar-refractivity contribution >= 4 is 28.1 Å². The van der Waals surface area contributed by atoms with E-state index in [-0.39, 0.29) is 6.10 Å². The van der Waals surface area contributed by atoms with Crippen molar-refractivity contribution in [2.45, 2.75) is 32.0 Å². The van der Waals surface area contributed by atoms with E-state index in [2.05, 4.69) is 16.8 Å². The topological polar surface area (TPSA) is 49.2 Å². The average Bonchev–Trinajstić information content (AvgIpc) is 3.12. The summed E-state index contributed by atoms with van der Waals surface area (Å²) in [5, 5.41) is 9.74. The Morgan fingerprint density at radius 1 is 1.50 bits per heavy atom. The monoisotopic (exact) mass is 283 g/mol. The predicted molar refractivity (Wildman–Crippen MR) is 71.1 cm³/mol. The molecule has 2 heterocycles. The third-order valence-corrected chi connectivity index (χ3v) is 4.70. The van der Waals surface area contributed by atoms with Gasteiger partial charge in [-0.2, -0.15) is 5.26 Å². The molecule has 2 unspecified atom stereocenters. The largest absolute Gasteiger partial charge is 0.371 e. The van der Waals surface area contributed by atoms with Gasteiger partial charge in [-0.1, -0.05) is 22.9 Å². The number of nitrogens with zero attached hydrogens (tertiary/aromatic N) is 3. The Morgan fingerprint density at radius 3 is 2.89 bits per heavy atom. The minimum Gasteiger partial charge on any atom is -0.371 e. The van der Waals surface area contributed by atoms with E-state index in [1.807, 2.05) is 6.07 Å². The third-order valence-electron chi connectivity index (χ3n) is 3.38. The van der Waals surface area contributed by atoms with Gasteiger partial charge in [0, 0.05) is 13.1 Å². The number of morpholine rings is 1. The van der Waals surface area contributed by atoms with Crippen molar-refractivity contribution in [1.82, 2.24) is 4.98 Å². The molecule has 1 saturated heterocycles. The minimum absolute atomic E-state index is 0.206. The van der Waals surface area contributed by atoms with E-state index in [9.17, 15) is 0 Å². The standard InChI is InChI=1S/C12H14ClN3OS/c1-7-5-16(6-10(17-7)8-2-3-8)12-15-9(4-14)11(13)18-12/h7-8,10H,2-3,5-6H2,1H3. The first kappa shape index (κ1) is 12.2. The quantitative estimate of drug-likeness (QED) is 0.837. The van der Waals surface area contributed by atoms with E-state index in [1.54, 1.807) is 0 Å². The van der Waals surface area contributed by atoms with Crippen LogP contribution in [0, 0.1) is 17.2 Å². The maximum Gasteiger partial charge on any atom is 0.188 e. The molecular weight excluding hydrogens is 270 g/mol. The van der Waals surface area contributed by atoms with Crippen LogP contribution >= 0.6 is 22.9 Å². The maximum absolute atomic E-state index is 8.90. The molecule has 1 aliphatic carbocycles. The molecule has 0 bridgehead atoms. The molecule has 0 N–H and O–H groups in total. The molecular formula is C12H14ClN3OS. The van der Waals surface area contributed by atoms with Gasteiger partial charge in [0.25, 0.3) is 0 Å². The predicted octanol–water partition coefficient (Wildman–Crippen LogP) is 2.67. The van der Waals surface area contributed by atoms with Crippen LogP contribution in [0.2, 0.25) is 4.34 Å². The summed E-state index contributed by atoms with van der Waals surface area (Å²) in [5.74, 6) is 0.709. The SMILES string of the molecule is CC1CN(c2nc(C#N)c(Cl)s2)CC(C2CC2)O1. The zero-order valence-electron chi connectivity index (χ0n) is 10.1. The Labute approximate surface area is 115 Å². The fraction of sp³-hybridized carbons (Fsp3) is 0.667. The van der Waals surface area contributed by atoms with Gasteiger partial charge in [0.05, 0.1) is 12.2 Å². The van der Waals surface area contributed by atoms with Gasteiger partial charge in [-0.15, -0.1) is 0 Å². The Balaban J connectivity index is 1.79. The van der Waals surface area contributed by atoms with E-state index in [4.69, 9.17) is 21.6 Å². The van der Waals surface area contributed by atoms with Gasteiger partial charge in [0.2, 0.25) is 0 Å². The van der Waals surface area contributed by atoms with Crippen LogP contribution in [0.3, 0.4) is 0 Å². The Morgan fingerprint density at radius 2 is 2.28 bits per heavy atom. The summed E-state index contributed by atoms with van der Waals surface area (Å²) in [6, 6.07) is 2.02. The van der Waals surface area contributed by atoms with Crippen molar-refractivity contribution in [1.29, 1.82) is 5.26 Å². The molecule has 0 amide bonds. The number of nitriles is 1. The van der Waals surface area contributed by atoms with Crippen molar-refractivity contribution < 1.29 is 4.74 Å². The normalized spacial score (nSPS) is 28.2. The fourth-order valence-corrected chi connectivity index (χ4v) is 3.42. The highest BCUT2D eigenvalue weighted by Gasteiger charge is 2.38. The van der Waals surface area contributed by atoms with Crippen LogP contribution in [0.4, 0.5) is 5.13 Å². The number of thiazole rings is 1. The van der Waals surface area contributed by atoms with Gasteiger partial charge in [0.1, 0.15) is 10.4 Å². The van der Waals surface area contributed by atoms with Crippen LogP contribution in [0.1, 0.15) is 25.5 Å². The number of hydrogen-bond acceptors (Lipinski definition) is 5. The molecule has 0 radical (unpaired) electrons. The van der Waals surface area contributed by atoms with Crippen molar-refractivity contribution in [3.05, 3.63) is 10.0 Å². The highest BCUT2D eigenvalue weighted by atomic mass is 35.5. The van der Waals surface area contributed by atoms with Gasteiger partial charge < -0.3 is 9.64 Å². The second kappa shape index (κ2) is 4.69. The maximum atomic E-state index is 8.90. The molecule has 0 aromatic carbocycles. The van der Waals surface area contributed by atoms with Gasteiger partial charge in [-0.05, 0) is 25.7 Å². The number of aromatic nitrogens is 1. The first-order valence-electron chi connectivity index (χ1n) is 6.14. The van der Waals surface area contributed by atoms with Crippen LogP contribution < -0.4 is 4.90 Å². The number of anilines is 1. The smallest absolute Gasteiger partial charge is 0.188 e. The molecule has 3 rings (SSSR count). The van der Waals surface area contributed by atoms with Gasteiger partial charge in [0.15, 0.2) is 10.8 Å². The molecule has 1 saturated carbocycles. The number of ether oxygens (including phenoxy) is 1. The van der Waals surface area contributed by atoms with E-state index < -0.39 is 0 Å². The van der Waals surface area contributed by atoms with Crippen LogP contribution in [0.15, 0.2) is 0 Å². The van der Waals surface area contributed by atoms with Gasteiger partial charge in [-0.25, -0.2) is 4.98 Å². The lowest BCUT2D eigenvalue weighted by molar-refractivity contribution is -0.0271. The molecule has 0 spiro atoms. The van der Waals surface area contributed by atoms with Crippen LogP contribution in [0.25, 0.3) is 0 Å². The van der Waals surface area contributed by atoms with Crippen molar-refractivity contribution in [2.75, 3.05) is 18.0 Å². The molecule has 4 nitrogen and oxygen atoms in total. The zero-order chi connectivity index (χ0) is 12.7. The first-order valence-corrected chi connectivity index (χ1v) is 7.33. The third kappa shape index (κ3) is 2.33. The van der Waals surface area contributed by atoms with Crippen LogP contribution in [-0.2, 0) is 4.74 Å². The molecule has 96 valence electrons. The number of rotatable bonds is 2. The average molecular weight is 284 g/mol. The Hall–Kier alpha value is -0.830. The zero-order valence-corrected chi connectivity index (χ0v) is 11.7. The second-order valence-corrected chi connectivity index (χ2v) is 6.54. The summed E-state index contributed by atoms with van der Waals surface area (Å²) in [7, 11) is 0. The highest BCUT2D eigenvalue weighted by Crippen LogP contribution is 2.38. The Kier molecular flexibility index (Phi) is 3.18.